The molecule has 2 atom stereocenters. The molecule has 0 saturated carbocycles. The molecule has 0 radical (unpaired) electrons. The minimum atomic E-state index is -2.88. The normalized spacial score (nSPS) is 24.6. The van der Waals surface area contributed by atoms with Crippen molar-refractivity contribution >= 4 is 9.84 Å². The van der Waals surface area contributed by atoms with Crippen LogP contribution in [-0.4, -0.2) is 37.7 Å². The van der Waals surface area contributed by atoms with Gasteiger partial charge >= 0.3 is 0 Å². The Morgan fingerprint density at radius 2 is 2.06 bits per heavy atom. The summed E-state index contributed by atoms with van der Waals surface area (Å²) >= 11 is 0. The van der Waals surface area contributed by atoms with Gasteiger partial charge in [-0.3, -0.25) is 0 Å². The second kappa shape index (κ2) is 5.16. The number of rotatable bonds is 4. The molecule has 0 aliphatic carbocycles. The number of sulfone groups is 1. The van der Waals surface area contributed by atoms with Crippen LogP contribution < -0.4 is 5.32 Å². The van der Waals surface area contributed by atoms with Gasteiger partial charge < -0.3 is 10.4 Å². The van der Waals surface area contributed by atoms with Crippen LogP contribution in [0.3, 0.4) is 0 Å². The smallest absolute Gasteiger partial charge is 0.151 e. The Kier molecular flexibility index (Phi) is 3.81. The summed E-state index contributed by atoms with van der Waals surface area (Å²) in [6.45, 7) is -0.0272. The van der Waals surface area contributed by atoms with Crippen LogP contribution in [-0.2, 0) is 9.84 Å². The molecule has 0 amide bonds. The van der Waals surface area contributed by atoms with Gasteiger partial charge in [0.05, 0.1) is 24.2 Å². The lowest BCUT2D eigenvalue weighted by molar-refractivity contribution is 0.235. The van der Waals surface area contributed by atoms with E-state index in [-0.39, 0.29) is 30.2 Å². The topological polar surface area (TPSA) is 66.4 Å². The number of aliphatic hydroxyl groups is 1. The summed E-state index contributed by atoms with van der Waals surface area (Å²) in [6.07, 6.45) is 0.631. The largest absolute Gasteiger partial charge is 0.394 e. The highest BCUT2D eigenvalue weighted by atomic mass is 32.2. The summed E-state index contributed by atoms with van der Waals surface area (Å²) in [5.41, 5.74) is 0.985. The van der Waals surface area contributed by atoms with Crippen molar-refractivity contribution in [3.05, 3.63) is 35.9 Å². The zero-order valence-corrected chi connectivity index (χ0v) is 10.4. The van der Waals surface area contributed by atoms with Crippen LogP contribution in [0.1, 0.15) is 18.0 Å². The molecule has 17 heavy (non-hydrogen) atoms. The van der Waals surface area contributed by atoms with Crippen molar-refractivity contribution in [2.75, 3.05) is 18.1 Å². The fourth-order valence-electron chi connectivity index (χ4n) is 2.15. The van der Waals surface area contributed by atoms with Crippen molar-refractivity contribution < 1.29 is 13.5 Å². The van der Waals surface area contributed by atoms with Gasteiger partial charge in [-0.1, -0.05) is 30.3 Å². The van der Waals surface area contributed by atoms with Crippen molar-refractivity contribution in [3.63, 3.8) is 0 Å². The molecule has 1 heterocycles. The Hall–Kier alpha value is -0.910. The fourth-order valence-corrected chi connectivity index (χ4v) is 3.84. The second-order valence-corrected chi connectivity index (χ2v) is 6.64. The maximum Gasteiger partial charge on any atom is 0.151 e. The molecule has 4 nitrogen and oxygen atoms in total. The predicted octanol–water partition coefficient (Wildman–Crippen LogP) is 0.497. The lowest BCUT2D eigenvalue weighted by atomic mass is 10.1. The van der Waals surface area contributed by atoms with Crippen molar-refractivity contribution in [2.24, 2.45) is 0 Å². The van der Waals surface area contributed by atoms with Crippen molar-refractivity contribution in [1.82, 2.24) is 5.32 Å². The number of hydrogen-bond donors (Lipinski definition) is 2. The van der Waals surface area contributed by atoms with E-state index in [0.29, 0.717) is 6.42 Å². The monoisotopic (exact) mass is 255 g/mol. The van der Waals surface area contributed by atoms with Crippen LogP contribution in [0, 0.1) is 0 Å². The van der Waals surface area contributed by atoms with Gasteiger partial charge in [-0.15, -0.1) is 0 Å². The zero-order chi connectivity index (χ0) is 12.3. The van der Waals surface area contributed by atoms with E-state index in [0.717, 1.165) is 5.56 Å². The first-order valence-corrected chi connectivity index (χ1v) is 7.55. The first-order chi connectivity index (χ1) is 8.11. The molecule has 2 rings (SSSR count). The third-order valence-electron chi connectivity index (χ3n) is 3.05. The highest BCUT2D eigenvalue weighted by Crippen LogP contribution is 2.17. The molecule has 0 spiro atoms. The van der Waals surface area contributed by atoms with Crippen LogP contribution in [0.15, 0.2) is 30.3 Å². The lowest BCUT2D eigenvalue weighted by Gasteiger charge is -2.20. The molecule has 1 saturated heterocycles. The molecule has 1 aliphatic heterocycles. The molecule has 1 fully saturated rings. The molecule has 0 bridgehead atoms. The van der Waals surface area contributed by atoms with E-state index in [1.807, 2.05) is 30.3 Å². The number of nitrogens with one attached hydrogen (secondary N) is 1. The van der Waals surface area contributed by atoms with Crippen LogP contribution in [0.2, 0.25) is 0 Å². The number of benzene rings is 1. The summed E-state index contributed by atoms with van der Waals surface area (Å²) in [5, 5.41) is 12.6. The average molecular weight is 255 g/mol. The lowest BCUT2D eigenvalue weighted by Crippen LogP contribution is -2.35. The van der Waals surface area contributed by atoms with E-state index in [1.165, 1.54) is 0 Å². The van der Waals surface area contributed by atoms with E-state index in [9.17, 15) is 13.5 Å². The second-order valence-electron chi connectivity index (χ2n) is 4.41. The predicted molar refractivity (Wildman–Crippen MR) is 66.5 cm³/mol. The Balaban J connectivity index is 2.02. The fraction of sp³-hybridized carbons (Fsp3) is 0.500. The first kappa shape index (κ1) is 12.5. The maximum absolute atomic E-state index is 11.3. The average Bonchev–Trinajstić information content (AvgIpc) is 2.67. The molecule has 0 aromatic heterocycles. The third-order valence-corrected chi connectivity index (χ3v) is 4.82. The summed E-state index contributed by atoms with van der Waals surface area (Å²) in [7, 11) is -2.88. The van der Waals surface area contributed by atoms with Gasteiger partial charge in [0.15, 0.2) is 9.84 Å². The Morgan fingerprint density at radius 3 is 2.59 bits per heavy atom. The number of aliphatic hydroxyl groups excluding tert-OH is 1. The molecule has 2 N–H and O–H groups in total. The highest BCUT2D eigenvalue weighted by molar-refractivity contribution is 7.91. The minimum absolute atomic E-state index is 0.0272. The standard InChI is InChI=1S/C12H17NO3S/c14-8-12(10-4-2-1-3-5-10)13-11-6-7-17(15,16)9-11/h1-5,11-14H,6-9H2. The molecule has 5 heteroatoms. The molecular weight excluding hydrogens is 238 g/mol. The van der Waals surface area contributed by atoms with Crippen LogP contribution in [0.5, 0.6) is 0 Å². The molecule has 94 valence electrons. The summed E-state index contributed by atoms with van der Waals surface area (Å²) in [4.78, 5) is 0. The van der Waals surface area contributed by atoms with Crippen LogP contribution in [0.25, 0.3) is 0 Å². The van der Waals surface area contributed by atoms with Gasteiger partial charge in [-0.2, -0.15) is 0 Å². The van der Waals surface area contributed by atoms with Gasteiger partial charge in [0.1, 0.15) is 0 Å². The molecule has 1 aliphatic rings. The zero-order valence-electron chi connectivity index (χ0n) is 9.54. The highest BCUT2D eigenvalue weighted by Gasteiger charge is 2.29. The van der Waals surface area contributed by atoms with E-state index >= 15 is 0 Å². The van der Waals surface area contributed by atoms with E-state index < -0.39 is 9.84 Å². The maximum atomic E-state index is 11.3. The Morgan fingerprint density at radius 1 is 1.35 bits per heavy atom. The summed E-state index contributed by atoms with van der Waals surface area (Å²) in [6, 6.07) is 9.36. The van der Waals surface area contributed by atoms with Gasteiger partial charge in [-0.05, 0) is 12.0 Å². The van der Waals surface area contributed by atoms with Gasteiger partial charge in [0.25, 0.3) is 0 Å². The Bertz CT molecular complexity index is 458. The van der Waals surface area contributed by atoms with Gasteiger partial charge in [0.2, 0.25) is 0 Å². The minimum Gasteiger partial charge on any atom is -0.394 e. The van der Waals surface area contributed by atoms with Crippen LogP contribution >= 0.6 is 0 Å². The SMILES string of the molecule is O=S1(=O)CCC(NC(CO)c2ccccc2)C1. The van der Waals surface area contributed by atoms with E-state index in [1.54, 1.807) is 0 Å². The quantitative estimate of drug-likeness (QED) is 0.822. The first-order valence-electron chi connectivity index (χ1n) is 5.73. The van der Waals surface area contributed by atoms with Crippen molar-refractivity contribution in [1.29, 1.82) is 0 Å². The molecule has 2 unspecified atom stereocenters. The summed E-state index contributed by atoms with van der Waals surface area (Å²) in [5.74, 6) is 0.425. The molecule has 1 aromatic rings. The van der Waals surface area contributed by atoms with Crippen molar-refractivity contribution in [2.45, 2.75) is 18.5 Å². The third kappa shape index (κ3) is 3.28. The molecule has 1 aromatic carbocycles. The van der Waals surface area contributed by atoms with Gasteiger partial charge in [0, 0.05) is 6.04 Å². The van der Waals surface area contributed by atoms with Crippen molar-refractivity contribution in [3.8, 4) is 0 Å². The summed E-state index contributed by atoms with van der Waals surface area (Å²) < 4.78 is 22.7. The molecular formula is C12H17NO3S. The number of hydrogen-bond acceptors (Lipinski definition) is 4. The van der Waals surface area contributed by atoms with E-state index in [4.69, 9.17) is 0 Å². The van der Waals surface area contributed by atoms with Crippen LogP contribution in [0.4, 0.5) is 0 Å². The van der Waals surface area contributed by atoms with Gasteiger partial charge in [-0.25, -0.2) is 8.42 Å². The van der Waals surface area contributed by atoms with E-state index in [2.05, 4.69) is 5.32 Å². The Labute approximate surface area is 102 Å².